The third-order valence-electron chi connectivity index (χ3n) is 3.30. The molecule has 0 atom stereocenters. The van der Waals surface area contributed by atoms with Crippen molar-refractivity contribution in [3.8, 4) is 11.9 Å². The number of benzene rings is 2. The lowest BCUT2D eigenvalue weighted by atomic mass is 10.1. The zero-order chi connectivity index (χ0) is 14.1. The summed E-state index contributed by atoms with van der Waals surface area (Å²) in [4.78, 5) is 0. The van der Waals surface area contributed by atoms with Crippen LogP contribution in [0.15, 0.2) is 48.7 Å². The fourth-order valence-electron chi connectivity index (χ4n) is 2.29. The minimum absolute atomic E-state index is 0.208. The van der Waals surface area contributed by atoms with Crippen LogP contribution >= 0.6 is 11.6 Å². The van der Waals surface area contributed by atoms with Gasteiger partial charge in [-0.3, -0.25) is 0 Å². The van der Waals surface area contributed by atoms with Crippen molar-refractivity contribution >= 4 is 22.4 Å². The van der Waals surface area contributed by atoms with E-state index in [4.69, 9.17) is 16.9 Å². The molecule has 3 rings (SSSR count). The highest BCUT2D eigenvalue weighted by Gasteiger charge is 2.10. The predicted molar refractivity (Wildman–Crippen MR) is 78.9 cm³/mol. The highest BCUT2D eigenvalue weighted by molar-refractivity contribution is 6.30. The van der Waals surface area contributed by atoms with E-state index in [9.17, 15) is 5.11 Å². The second kappa shape index (κ2) is 4.92. The standard InChI is InChI=1S/C16H11ClN2O/c17-14-6-5-11(13(7-14)8-18)9-19-10-12-3-1-2-4-15(12)16(19)20/h1-7,10,20H,9H2. The number of hydrogen-bond donors (Lipinski definition) is 1. The van der Waals surface area contributed by atoms with Gasteiger partial charge in [0.2, 0.25) is 0 Å². The quantitative estimate of drug-likeness (QED) is 0.774. The van der Waals surface area contributed by atoms with Gasteiger partial charge in [0.25, 0.3) is 0 Å². The lowest BCUT2D eigenvalue weighted by Gasteiger charge is -2.07. The van der Waals surface area contributed by atoms with Gasteiger partial charge in [-0.05, 0) is 23.8 Å². The Bertz CT molecular complexity index is 830. The van der Waals surface area contributed by atoms with Gasteiger partial charge in [-0.2, -0.15) is 5.26 Å². The van der Waals surface area contributed by atoms with Crippen molar-refractivity contribution in [3.63, 3.8) is 0 Å². The maximum absolute atomic E-state index is 10.2. The first-order chi connectivity index (χ1) is 9.69. The van der Waals surface area contributed by atoms with Crippen LogP contribution in [-0.2, 0) is 6.54 Å². The molecule has 0 aliphatic heterocycles. The van der Waals surface area contributed by atoms with Gasteiger partial charge in [0.15, 0.2) is 5.88 Å². The van der Waals surface area contributed by atoms with E-state index in [1.165, 1.54) is 0 Å². The summed E-state index contributed by atoms with van der Waals surface area (Å²) in [6, 6.07) is 14.9. The van der Waals surface area contributed by atoms with E-state index >= 15 is 0 Å². The average molecular weight is 283 g/mol. The molecule has 4 heteroatoms. The minimum atomic E-state index is 0.208. The highest BCUT2D eigenvalue weighted by Crippen LogP contribution is 2.28. The van der Waals surface area contributed by atoms with E-state index in [1.807, 2.05) is 36.5 Å². The molecule has 0 fully saturated rings. The smallest absolute Gasteiger partial charge is 0.199 e. The molecule has 0 aliphatic rings. The van der Waals surface area contributed by atoms with Crippen molar-refractivity contribution in [2.75, 3.05) is 0 Å². The van der Waals surface area contributed by atoms with Crippen molar-refractivity contribution in [2.45, 2.75) is 6.54 Å². The molecule has 0 aliphatic carbocycles. The van der Waals surface area contributed by atoms with Crippen LogP contribution in [0.1, 0.15) is 11.1 Å². The molecule has 1 aromatic heterocycles. The number of nitriles is 1. The number of nitrogens with zero attached hydrogens (tertiary/aromatic N) is 2. The summed E-state index contributed by atoms with van der Waals surface area (Å²) in [6.07, 6.45) is 1.88. The Kier molecular flexibility index (Phi) is 3.09. The largest absolute Gasteiger partial charge is 0.494 e. The van der Waals surface area contributed by atoms with Crippen molar-refractivity contribution in [1.82, 2.24) is 4.57 Å². The van der Waals surface area contributed by atoms with E-state index < -0.39 is 0 Å². The normalized spacial score (nSPS) is 10.6. The number of rotatable bonds is 2. The molecule has 0 saturated heterocycles. The van der Waals surface area contributed by atoms with Crippen LogP contribution in [0.2, 0.25) is 5.02 Å². The van der Waals surface area contributed by atoms with Gasteiger partial charge >= 0.3 is 0 Å². The SMILES string of the molecule is N#Cc1cc(Cl)ccc1Cn1cc2ccccc2c1O. The molecule has 1 heterocycles. The topological polar surface area (TPSA) is 49.0 Å². The molecule has 2 aromatic carbocycles. The third kappa shape index (κ3) is 2.11. The van der Waals surface area contributed by atoms with Crippen LogP contribution in [-0.4, -0.2) is 9.67 Å². The maximum atomic E-state index is 10.2. The molecule has 0 saturated carbocycles. The summed E-state index contributed by atoms with van der Waals surface area (Å²) in [5, 5.41) is 21.7. The maximum Gasteiger partial charge on any atom is 0.199 e. The summed E-state index contributed by atoms with van der Waals surface area (Å²) in [7, 11) is 0. The molecule has 20 heavy (non-hydrogen) atoms. The predicted octanol–water partition coefficient (Wildman–Crippen LogP) is 3.92. The Morgan fingerprint density at radius 1 is 1.20 bits per heavy atom. The molecule has 1 N–H and O–H groups in total. The molecule has 3 aromatic rings. The average Bonchev–Trinajstić information content (AvgIpc) is 2.78. The molecular formula is C16H11ClN2O. The van der Waals surface area contributed by atoms with Gasteiger partial charge < -0.3 is 9.67 Å². The van der Waals surface area contributed by atoms with Crippen LogP contribution < -0.4 is 0 Å². The van der Waals surface area contributed by atoms with Crippen LogP contribution in [0.3, 0.4) is 0 Å². The number of aromatic hydroxyl groups is 1. The van der Waals surface area contributed by atoms with Crippen molar-refractivity contribution in [2.24, 2.45) is 0 Å². The Labute approximate surface area is 121 Å². The van der Waals surface area contributed by atoms with Gasteiger partial charge in [-0.1, -0.05) is 35.9 Å². The van der Waals surface area contributed by atoms with Crippen LogP contribution in [0.5, 0.6) is 5.88 Å². The highest BCUT2D eigenvalue weighted by atomic mass is 35.5. The van der Waals surface area contributed by atoms with E-state index in [-0.39, 0.29) is 5.88 Å². The number of fused-ring (bicyclic) bond motifs is 1. The van der Waals surface area contributed by atoms with E-state index in [0.29, 0.717) is 17.1 Å². The number of hydrogen-bond acceptors (Lipinski definition) is 2. The molecule has 0 bridgehead atoms. The summed E-state index contributed by atoms with van der Waals surface area (Å²) < 4.78 is 1.73. The van der Waals surface area contributed by atoms with Gasteiger partial charge in [0, 0.05) is 22.0 Å². The minimum Gasteiger partial charge on any atom is -0.494 e. The Morgan fingerprint density at radius 3 is 2.75 bits per heavy atom. The third-order valence-corrected chi connectivity index (χ3v) is 3.54. The van der Waals surface area contributed by atoms with Crippen LogP contribution in [0.25, 0.3) is 10.8 Å². The summed E-state index contributed by atoms with van der Waals surface area (Å²) in [6.45, 7) is 0.431. The Morgan fingerprint density at radius 2 is 2.00 bits per heavy atom. The first-order valence-corrected chi connectivity index (χ1v) is 6.52. The van der Waals surface area contributed by atoms with Crippen molar-refractivity contribution in [3.05, 3.63) is 64.8 Å². The van der Waals surface area contributed by atoms with Crippen LogP contribution in [0.4, 0.5) is 0 Å². The number of aromatic nitrogens is 1. The van der Waals surface area contributed by atoms with E-state index in [0.717, 1.165) is 16.3 Å². The zero-order valence-corrected chi connectivity index (χ0v) is 11.3. The molecule has 0 radical (unpaired) electrons. The number of halogens is 1. The molecule has 3 nitrogen and oxygen atoms in total. The second-order valence-corrected chi connectivity index (χ2v) is 5.02. The van der Waals surface area contributed by atoms with Gasteiger partial charge in [-0.25, -0.2) is 0 Å². The van der Waals surface area contributed by atoms with Gasteiger partial charge in [0.1, 0.15) is 0 Å². The first kappa shape index (κ1) is 12.6. The van der Waals surface area contributed by atoms with E-state index in [1.54, 1.807) is 16.7 Å². The van der Waals surface area contributed by atoms with Gasteiger partial charge in [-0.15, -0.1) is 0 Å². The lowest BCUT2D eigenvalue weighted by molar-refractivity contribution is 0.430. The zero-order valence-electron chi connectivity index (χ0n) is 10.5. The van der Waals surface area contributed by atoms with Crippen LogP contribution in [0, 0.1) is 11.3 Å². The van der Waals surface area contributed by atoms with E-state index in [2.05, 4.69) is 6.07 Å². The Hall–Kier alpha value is -2.44. The summed E-state index contributed by atoms with van der Waals surface area (Å²) >= 11 is 5.89. The monoisotopic (exact) mass is 282 g/mol. The first-order valence-electron chi connectivity index (χ1n) is 6.14. The molecule has 0 spiro atoms. The second-order valence-electron chi connectivity index (χ2n) is 4.58. The van der Waals surface area contributed by atoms with Gasteiger partial charge in [0.05, 0.1) is 18.2 Å². The van der Waals surface area contributed by atoms with Crippen molar-refractivity contribution in [1.29, 1.82) is 5.26 Å². The molecule has 98 valence electrons. The Balaban J connectivity index is 2.06. The lowest BCUT2D eigenvalue weighted by Crippen LogP contribution is -1.99. The molecular weight excluding hydrogens is 272 g/mol. The fourth-order valence-corrected chi connectivity index (χ4v) is 2.46. The fraction of sp³-hybridized carbons (Fsp3) is 0.0625. The molecule has 0 amide bonds. The molecule has 0 unspecified atom stereocenters. The summed E-state index contributed by atoms with van der Waals surface area (Å²) in [5.74, 6) is 0.208. The van der Waals surface area contributed by atoms with Crippen molar-refractivity contribution < 1.29 is 5.11 Å². The summed E-state index contributed by atoms with van der Waals surface area (Å²) in [5.41, 5.74) is 1.35.